The standard InChI is InChI=1S/C84H104O18Si2/c1-43(2)103(44(3)4,45(5)6)101-58-41-52-54(93-69(89)81-37-33-77(21,65(85)97-81)73(81,13)14)29-31-56(95-71(91)83-39-35-79(23,67(87)99-83)75(83,17)18)61(52)63-50(58)27-25-49-26-28-51-59(102-104(46(7)8,47(9)10)48(11)12)42-53-55(94-70(90)82-38-34-78(22,66(86)98-82)74(82,15)16)30-32-57(62(53)64(51)60(49)63)96-72(92)84-40-36-80(24,68(88)100-84)76(84,19)20/h25-32,41-48H,33-40H2,1-24H3/t77-,78-,79-,80-,81+,82+,83+,84+/m0/s1. The van der Waals surface area contributed by atoms with Crippen molar-refractivity contribution >= 4 is 118 Å². The lowest BCUT2D eigenvalue weighted by atomic mass is 9.66. The summed E-state index contributed by atoms with van der Waals surface area (Å²) < 4.78 is 68.7. The Labute approximate surface area is 611 Å². The van der Waals surface area contributed by atoms with Crippen LogP contribution in [0.1, 0.15) is 218 Å². The van der Waals surface area contributed by atoms with Crippen LogP contribution in [0.3, 0.4) is 0 Å². The minimum atomic E-state index is -3.04. The van der Waals surface area contributed by atoms with Crippen LogP contribution in [0.5, 0.6) is 34.5 Å². The molecule has 14 rings (SSSR count). The number of fused-ring (bicyclic) bond motifs is 17. The van der Waals surface area contributed by atoms with Gasteiger partial charge in [0.1, 0.15) is 34.5 Å². The van der Waals surface area contributed by atoms with E-state index in [0.717, 1.165) is 0 Å². The Balaban J connectivity index is 1.17. The Kier molecular flexibility index (Phi) is 15.9. The predicted molar refractivity (Wildman–Crippen MR) is 400 cm³/mol. The lowest BCUT2D eigenvalue weighted by Crippen LogP contribution is -2.50. The zero-order valence-corrected chi connectivity index (χ0v) is 67.2. The number of rotatable bonds is 18. The average Bonchev–Trinajstić information content (AvgIpc) is 1.43. The first-order valence-corrected chi connectivity index (χ1v) is 42.0. The van der Waals surface area contributed by atoms with E-state index >= 15 is 19.2 Å². The van der Waals surface area contributed by atoms with Crippen molar-refractivity contribution in [3.05, 3.63) is 60.7 Å². The molecule has 0 spiro atoms. The van der Waals surface area contributed by atoms with Crippen molar-refractivity contribution in [3.63, 3.8) is 0 Å². The molecule has 0 radical (unpaired) electrons. The van der Waals surface area contributed by atoms with Crippen LogP contribution in [0.15, 0.2) is 60.7 Å². The lowest BCUT2D eigenvalue weighted by Gasteiger charge is -2.42. The van der Waals surface area contributed by atoms with Gasteiger partial charge in [0.05, 0.1) is 21.7 Å². The Bertz CT molecular complexity index is 4520. The molecule has 0 unspecified atom stereocenters. The monoisotopic (exact) mass is 1460 g/mol. The summed E-state index contributed by atoms with van der Waals surface area (Å²) >= 11 is 0. The van der Waals surface area contributed by atoms with Gasteiger partial charge in [0.15, 0.2) is 0 Å². The Morgan fingerprint density at radius 2 is 0.548 bits per heavy atom. The van der Waals surface area contributed by atoms with E-state index < -0.39 is 130 Å². The molecule has 4 aliphatic carbocycles. The maximum absolute atomic E-state index is 15.9. The molecular weight excluding hydrogens is 1350 g/mol. The third kappa shape index (κ3) is 8.55. The molecule has 0 amide bonds. The Morgan fingerprint density at radius 3 is 0.769 bits per heavy atom. The van der Waals surface area contributed by atoms with E-state index in [1.807, 2.05) is 119 Å². The van der Waals surface area contributed by atoms with Gasteiger partial charge >= 0.3 is 47.8 Å². The van der Waals surface area contributed by atoms with Crippen LogP contribution in [0.2, 0.25) is 33.2 Å². The SMILES string of the molecule is CC(C)[Si](Oc1cc2c(OC(=O)[C@@]34CC[C@@](C)(C(=O)O3)C4(C)C)ccc(OC(=O)[C@@]34CC[C@@](C)(C(=O)O3)C4(C)C)c2c2c1ccc1ccc3c(O[Si](C(C)C)(C(C)C)C(C)C)cc4c(OC(=O)[C@@]56CC[C@@](C)(C(=O)O5)C6(C)C)ccc(OC(=O)[C@@]56CC[C@@](C)(C(=O)O5)C6(C)C)c4c3c12)(C(C)C)C(C)C. The minimum Gasteiger partial charge on any atom is -0.542 e. The molecule has 20 heteroatoms. The third-order valence-corrected chi connectivity index (χ3v) is 42.5. The molecule has 0 N–H and O–H groups in total. The van der Waals surface area contributed by atoms with Crippen LogP contribution in [0, 0.1) is 43.3 Å². The van der Waals surface area contributed by atoms with Gasteiger partial charge in [0.25, 0.3) is 16.6 Å². The van der Waals surface area contributed by atoms with Crippen molar-refractivity contribution in [2.45, 2.75) is 273 Å². The molecule has 104 heavy (non-hydrogen) atoms. The molecular formula is C84H104O18Si2. The van der Waals surface area contributed by atoms with Gasteiger partial charge in [-0.3, -0.25) is 19.2 Å². The highest BCUT2D eigenvalue weighted by Gasteiger charge is 2.80. The smallest absolute Gasteiger partial charge is 0.356 e. The third-order valence-electron chi connectivity index (χ3n) is 30.6. The van der Waals surface area contributed by atoms with Crippen LogP contribution in [-0.4, -0.2) is 86.8 Å². The topological polar surface area (TPSA) is 229 Å². The summed E-state index contributed by atoms with van der Waals surface area (Å²) in [6, 6.07) is 17.9. The van der Waals surface area contributed by atoms with Crippen LogP contribution in [0.25, 0.3) is 53.9 Å². The lowest BCUT2D eigenvalue weighted by molar-refractivity contribution is -0.176. The summed E-state index contributed by atoms with van der Waals surface area (Å²) in [5, 5.41) is 4.08. The normalized spacial score (nSPS) is 30.3. The highest BCUT2D eigenvalue weighted by molar-refractivity contribution is 6.79. The van der Waals surface area contributed by atoms with Gasteiger partial charge in [-0.1, -0.05) is 163 Å². The fraction of sp³-hybridized carbons (Fsp3) is 0.595. The van der Waals surface area contributed by atoms with E-state index in [1.165, 1.54) is 0 Å². The summed E-state index contributed by atoms with van der Waals surface area (Å²) in [5.41, 5.74) is -14.9. The van der Waals surface area contributed by atoms with E-state index in [9.17, 15) is 19.2 Å². The molecule has 8 fully saturated rings. The first kappa shape index (κ1) is 73.3. The van der Waals surface area contributed by atoms with E-state index in [4.69, 9.17) is 46.7 Å². The average molecular weight is 1460 g/mol. The molecule has 4 saturated heterocycles. The molecule has 8 atom stereocenters. The zero-order valence-electron chi connectivity index (χ0n) is 65.2. The maximum Gasteiger partial charge on any atom is 0.356 e. The summed E-state index contributed by atoms with van der Waals surface area (Å²) in [6.07, 6.45) is 2.22. The van der Waals surface area contributed by atoms with E-state index in [0.29, 0.717) is 69.5 Å². The van der Waals surface area contributed by atoms with Crippen molar-refractivity contribution in [1.82, 2.24) is 0 Å². The number of carbonyl (C=O) groups is 8. The summed E-state index contributed by atoms with van der Waals surface area (Å²) in [5.74, 6) is -4.35. The fourth-order valence-electron chi connectivity index (χ4n) is 21.9. The molecule has 0 aromatic heterocycles. The molecule has 6 aromatic rings. The molecule has 556 valence electrons. The van der Waals surface area contributed by atoms with Gasteiger partial charge in [-0.05, 0) is 159 Å². The molecule has 8 aliphatic rings. The number of ether oxygens (including phenoxy) is 8. The van der Waals surface area contributed by atoms with Gasteiger partial charge in [0, 0.05) is 64.7 Å². The molecule has 4 aliphatic heterocycles. The number of esters is 8. The summed E-state index contributed by atoms with van der Waals surface area (Å²) in [7, 11) is -6.08. The molecule has 6 aromatic carbocycles. The van der Waals surface area contributed by atoms with Gasteiger partial charge < -0.3 is 46.7 Å². The van der Waals surface area contributed by atoms with E-state index in [-0.39, 0.29) is 103 Å². The number of hydrogen-bond donors (Lipinski definition) is 0. The first-order chi connectivity index (χ1) is 48.2. The van der Waals surface area contributed by atoms with Crippen LogP contribution in [0.4, 0.5) is 0 Å². The summed E-state index contributed by atoms with van der Waals surface area (Å²) in [4.78, 5) is 119. The second-order valence-corrected chi connectivity index (χ2v) is 47.6. The summed E-state index contributed by atoms with van der Waals surface area (Å²) in [6.45, 7) is 48.4. The minimum absolute atomic E-state index is 0.000862. The van der Waals surface area contributed by atoms with E-state index in [1.54, 1.807) is 24.3 Å². The second-order valence-electron chi connectivity index (χ2n) is 36.9. The first-order valence-electron chi connectivity index (χ1n) is 37.8. The second kappa shape index (κ2) is 22.5. The van der Waals surface area contributed by atoms with Crippen molar-refractivity contribution in [3.8, 4) is 34.5 Å². The molecule has 8 bridgehead atoms. The van der Waals surface area contributed by atoms with Gasteiger partial charge in [0.2, 0.25) is 22.4 Å². The van der Waals surface area contributed by atoms with Crippen molar-refractivity contribution in [2.75, 3.05) is 0 Å². The van der Waals surface area contributed by atoms with Crippen LogP contribution >= 0.6 is 0 Å². The Morgan fingerprint density at radius 1 is 0.308 bits per heavy atom. The van der Waals surface area contributed by atoms with Gasteiger partial charge in [-0.2, -0.15) is 0 Å². The van der Waals surface area contributed by atoms with Crippen molar-refractivity contribution in [1.29, 1.82) is 0 Å². The van der Waals surface area contributed by atoms with Crippen molar-refractivity contribution < 1.29 is 85.1 Å². The van der Waals surface area contributed by atoms with Gasteiger partial charge in [-0.25, -0.2) is 19.2 Å². The maximum atomic E-state index is 15.9. The van der Waals surface area contributed by atoms with Crippen LogP contribution < -0.4 is 27.8 Å². The number of benzene rings is 6. The number of hydrogen-bond acceptors (Lipinski definition) is 18. The largest absolute Gasteiger partial charge is 0.542 e. The molecule has 18 nitrogen and oxygen atoms in total. The van der Waals surface area contributed by atoms with Gasteiger partial charge in [-0.15, -0.1) is 0 Å². The predicted octanol–water partition coefficient (Wildman–Crippen LogP) is 18.7. The number of carbonyl (C=O) groups excluding carboxylic acids is 8. The molecule has 4 heterocycles. The fourth-order valence-corrected chi connectivity index (χ4v) is 32.4. The van der Waals surface area contributed by atoms with Crippen molar-refractivity contribution in [2.24, 2.45) is 43.3 Å². The Hall–Kier alpha value is -7.59. The molecule has 4 saturated carbocycles. The highest BCUT2D eigenvalue weighted by atomic mass is 28.4. The quantitative estimate of drug-likeness (QED) is 0.0256. The van der Waals surface area contributed by atoms with Crippen LogP contribution in [-0.2, 0) is 57.3 Å². The van der Waals surface area contributed by atoms with E-state index in [2.05, 4.69) is 83.1 Å². The zero-order chi connectivity index (χ0) is 76.1. The highest BCUT2D eigenvalue weighted by Crippen LogP contribution is 2.70.